The zero-order valence-electron chi connectivity index (χ0n) is 11.9. The molecule has 0 unspecified atom stereocenters. The highest BCUT2D eigenvalue weighted by molar-refractivity contribution is 6.30. The van der Waals surface area contributed by atoms with E-state index < -0.39 is 6.61 Å². The predicted molar refractivity (Wildman–Crippen MR) is 77.1 cm³/mol. The molecular weight excluding hydrogens is 318 g/mol. The molecule has 22 heavy (non-hydrogen) atoms. The van der Waals surface area contributed by atoms with Crippen molar-refractivity contribution >= 4 is 17.5 Å². The fourth-order valence-corrected chi connectivity index (χ4v) is 2.48. The van der Waals surface area contributed by atoms with Gasteiger partial charge in [-0.25, -0.2) is 0 Å². The molecule has 1 amide bonds. The summed E-state index contributed by atoms with van der Waals surface area (Å²) in [6, 6.07) is 3.93. The first-order valence-corrected chi connectivity index (χ1v) is 7.14. The number of alkyl halides is 2. The van der Waals surface area contributed by atoms with Gasteiger partial charge in [0.2, 0.25) is 5.91 Å². The van der Waals surface area contributed by atoms with Crippen molar-refractivity contribution in [1.29, 1.82) is 0 Å². The van der Waals surface area contributed by atoms with Crippen molar-refractivity contribution in [2.75, 3.05) is 13.7 Å². The van der Waals surface area contributed by atoms with Crippen molar-refractivity contribution in [2.45, 2.75) is 31.7 Å². The summed E-state index contributed by atoms with van der Waals surface area (Å²) in [5.41, 5.74) is 0.391. The highest BCUT2D eigenvalue weighted by Gasteiger charge is 2.29. The largest absolute Gasteiger partial charge is 0.434 e. The van der Waals surface area contributed by atoms with Gasteiger partial charge in [-0.15, -0.1) is 0 Å². The molecule has 5 nitrogen and oxygen atoms in total. The second-order valence-corrected chi connectivity index (χ2v) is 5.34. The predicted octanol–water partition coefficient (Wildman–Crippen LogP) is 1.93. The van der Waals surface area contributed by atoms with Crippen LogP contribution in [0.5, 0.6) is 5.75 Å². The molecule has 2 atom stereocenters. The number of ether oxygens (including phenoxy) is 2. The van der Waals surface area contributed by atoms with Gasteiger partial charge in [0.25, 0.3) is 0 Å². The van der Waals surface area contributed by atoms with E-state index in [0.717, 1.165) is 0 Å². The summed E-state index contributed by atoms with van der Waals surface area (Å²) < 4.78 is 34.3. The van der Waals surface area contributed by atoms with Crippen LogP contribution in [0, 0.1) is 0 Å². The molecule has 1 heterocycles. The highest BCUT2D eigenvalue weighted by Crippen LogP contribution is 2.24. The van der Waals surface area contributed by atoms with Gasteiger partial charge in [-0.2, -0.15) is 8.78 Å². The van der Waals surface area contributed by atoms with Crippen LogP contribution in [0.2, 0.25) is 5.02 Å². The molecule has 0 aromatic heterocycles. The molecule has 0 saturated carbocycles. The summed E-state index contributed by atoms with van der Waals surface area (Å²) in [5, 5.41) is 6.10. The van der Waals surface area contributed by atoms with E-state index in [0.29, 0.717) is 23.6 Å². The summed E-state index contributed by atoms with van der Waals surface area (Å²) in [7, 11) is 1.59. The van der Waals surface area contributed by atoms with Gasteiger partial charge in [0.1, 0.15) is 5.75 Å². The molecule has 2 rings (SSSR count). The molecule has 0 radical (unpaired) electrons. The lowest BCUT2D eigenvalue weighted by Gasteiger charge is -2.14. The Hall–Kier alpha value is -1.44. The molecule has 0 bridgehead atoms. The van der Waals surface area contributed by atoms with Crippen LogP contribution in [-0.2, 0) is 16.1 Å². The summed E-state index contributed by atoms with van der Waals surface area (Å²) in [6.07, 6.45) is 0.567. The smallest absolute Gasteiger partial charge is 0.387 e. The van der Waals surface area contributed by atoms with Crippen LogP contribution < -0.4 is 15.4 Å². The van der Waals surface area contributed by atoms with Crippen LogP contribution in [-0.4, -0.2) is 38.3 Å². The lowest BCUT2D eigenvalue weighted by Crippen LogP contribution is -2.40. The molecule has 1 aromatic rings. The Bertz CT molecular complexity index is 531. The van der Waals surface area contributed by atoms with Crippen molar-refractivity contribution in [3.05, 3.63) is 28.8 Å². The van der Waals surface area contributed by atoms with Crippen LogP contribution in [0.15, 0.2) is 18.2 Å². The number of rotatable bonds is 6. The molecule has 0 aliphatic carbocycles. The molecule has 0 spiro atoms. The van der Waals surface area contributed by atoms with Crippen molar-refractivity contribution < 1.29 is 23.0 Å². The quantitative estimate of drug-likeness (QED) is 0.834. The lowest BCUT2D eigenvalue weighted by molar-refractivity contribution is -0.123. The van der Waals surface area contributed by atoms with Crippen LogP contribution >= 0.6 is 11.6 Å². The summed E-state index contributed by atoms with van der Waals surface area (Å²) >= 11 is 5.85. The van der Waals surface area contributed by atoms with Gasteiger partial charge >= 0.3 is 6.61 Å². The zero-order valence-corrected chi connectivity index (χ0v) is 12.7. The molecule has 1 fully saturated rings. The maximum Gasteiger partial charge on any atom is 0.387 e. The number of carbonyl (C=O) groups excluding carboxylic acids is 1. The Kier molecular flexibility index (Phi) is 5.93. The molecule has 122 valence electrons. The minimum Gasteiger partial charge on any atom is -0.434 e. The third kappa shape index (κ3) is 4.53. The Morgan fingerprint density at radius 1 is 1.55 bits per heavy atom. The van der Waals surface area contributed by atoms with Crippen molar-refractivity contribution in [3.8, 4) is 5.75 Å². The Morgan fingerprint density at radius 2 is 2.32 bits per heavy atom. The topological polar surface area (TPSA) is 59.6 Å². The number of amides is 1. The maximum absolute atomic E-state index is 12.4. The minimum atomic E-state index is -2.94. The van der Waals surface area contributed by atoms with Gasteiger partial charge in [0, 0.05) is 30.8 Å². The van der Waals surface area contributed by atoms with Gasteiger partial charge in [-0.05, 0) is 24.6 Å². The Morgan fingerprint density at radius 3 is 2.95 bits per heavy atom. The molecular formula is C14H17ClF2N2O3. The first-order chi connectivity index (χ1) is 10.5. The Labute approximate surface area is 131 Å². The second kappa shape index (κ2) is 7.71. The lowest BCUT2D eigenvalue weighted by atomic mass is 10.1. The molecule has 2 N–H and O–H groups in total. The number of carbonyl (C=O) groups is 1. The third-order valence-electron chi connectivity index (χ3n) is 3.43. The third-order valence-corrected chi connectivity index (χ3v) is 3.67. The van der Waals surface area contributed by atoms with Gasteiger partial charge in [-0.1, -0.05) is 11.6 Å². The van der Waals surface area contributed by atoms with Crippen molar-refractivity contribution in [3.63, 3.8) is 0 Å². The SMILES string of the molecule is CO[C@H]1CN[C@@H](C(=O)NCc2cc(Cl)ccc2OC(F)F)C1. The summed E-state index contributed by atoms with van der Waals surface area (Å²) in [4.78, 5) is 12.0. The van der Waals surface area contributed by atoms with E-state index in [4.69, 9.17) is 16.3 Å². The van der Waals surface area contributed by atoms with Gasteiger partial charge in [0.15, 0.2) is 0 Å². The van der Waals surface area contributed by atoms with Crippen LogP contribution in [0.4, 0.5) is 8.78 Å². The average molecular weight is 335 g/mol. The number of nitrogens with one attached hydrogen (secondary N) is 2. The second-order valence-electron chi connectivity index (χ2n) is 4.90. The first kappa shape index (κ1) is 16.9. The number of hydrogen-bond donors (Lipinski definition) is 2. The minimum absolute atomic E-state index is 0.000326. The number of benzene rings is 1. The Balaban J connectivity index is 1.96. The van der Waals surface area contributed by atoms with Crippen LogP contribution in [0.1, 0.15) is 12.0 Å². The monoisotopic (exact) mass is 334 g/mol. The van der Waals surface area contributed by atoms with E-state index in [1.54, 1.807) is 7.11 Å². The zero-order chi connectivity index (χ0) is 16.1. The molecule has 1 aliphatic rings. The fraction of sp³-hybridized carbons (Fsp3) is 0.500. The van der Waals surface area contributed by atoms with Crippen LogP contribution in [0.25, 0.3) is 0 Å². The van der Waals surface area contributed by atoms with E-state index in [9.17, 15) is 13.6 Å². The van der Waals surface area contributed by atoms with E-state index in [-0.39, 0.29) is 30.3 Å². The van der Waals surface area contributed by atoms with E-state index in [1.165, 1.54) is 18.2 Å². The first-order valence-electron chi connectivity index (χ1n) is 6.76. The summed E-state index contributed by atoms with van der Waals surface area (Å²) in [6.45, 7) is -2.28. The molecule has 8 heteroatoms. The van der Waals surface area contributed by atoms with Crippen molar-refractivity contribution in [1.82, 2.24) is 10.6 Å². The summed E-state index contributed by atoms with van der Waals surface area (Å²) in [5.74, 6) is -0.226. The average Bonchev–Trinajstić information content (AvgIpc) is 2.95. The molecule has 1 aliphatic heterocycles. The normalized spacial score (nSPS) is 21.1. The van der Waals surface area contributed by atoms with Gasteiger partial charge in [-0.3, -0.25) is 4.79 Å². The van der Waals surface area contributed by atoms with Gasteiger partial charge < -0.3 is 20.1 Å². The standard InChI is InChI=1S/C14H17ClF2N2O3/c1-21-10-5-11(18-7-10)13(20)19-6-8-4-9(15)2-3-12(8)22-14(16)17/h2-4,10-11,14,18H,5-7H2,1H3,(H,19,20)/t10-,11-/m1/s1. The van der Waals surface area contributed by atoms with E-state index in [1.807, 2.05) is 0 Å². The number of hydrogen-bond acceptors (Lipinski definition) is 4. The van der Waals surface area contributed by atoms with Crippen LogP contribution in [0.3, 0.4) is 0 Å². The van der Waals surface area contributed by atoms with Crippen molar-refractivity contribution in [2.24, 2.45) is 0 Å². The number of halogens is 3. The van der Waals surface area contributed by atoms with Gasteiger partial charge in [0.05, 0.1) is 12.1 Å². The fourth-order valence-electron chi connectivity index (χ4n) is 2.29. The highest BCUT2D eigenvalue weighted by atomic mass is 35.5. The van der Waals surface area contributed by atoms with E-state index in [2.05, 4.69) is 15.4 Å². The number of methoxy groups -OCH3 is 1. The molecule has 1 saturated heterocycles. The molecule has 1 aromatic carbocycles. The van der Waals surface area contributed by atoms with E-state index >= 15 is 0 Å². The maximum atomic E-state index is 12.4.